The first kappa shape index (κ1) is 19.6. The number of hydrogen-bond acceptors (Lipinski definition) is 4. The third-order valence-electron chi connectivity index (χ3n) is 3.34. The van der Waals surface area contributed by atoms with Crippen molar-refractivity contribution in [3.05, 3.63) is 57.6 Å². The van der Waals surface area contributed by atoms with Crippen LogP contribution in [-0.2, 0) is 4.79 Å². The van der Waals surface area contributed by atoms with Crippen LogP contribution < -0.4 is 14.8 Å². The van der Waals surface area contributed by atoms with Crippen LogP contribution in [0.15, 0.2) is 42.0 Å². The van der Waals surface area contributed by atoms with E-state index in [1.54, 1.807) is 30.3 Å². The Morgan fingerprint density at radius 2 is 2.00 bits per heavy atom. The second kappa shape index (κ2) is 9.14. The minimum atomic E-state index is -0.592. The van der Waals surface area contributed by atoms with Gasteiger partial charge in [0.05, 0.1) is 24.4 Å². The number of nitriles is 1. The number of rotatable bonds is 6. The highest BCUT2D eigenvalue weighted by Gasteiger charge is 2.13. The summed E-state index contributed by atoms with van der Waals surface area (Å²) in [7, 11) is 1.54. The molecule has 0 atom stereocenters. The highest BCUT2D eigenvalue weighted by atomic mass is 35.5. The number of halogens is 2. The first-order valence-corrected chi connectivity index (χ1v) is 8.43. The second-order valence-corrected chi connectivity index (χ2v) is 5.94. The van der Waals surface area contributed by atoms with Crippen LogP contribution in [0.1, 0.15) is 12.5 Å². The Morgan fingerprint density at radius 1 is 1.23 bits per heavy atom. The van der Waals surface area contributed by atoms with Crippen LogP contribution in [0.5, 0.6) is 11.5 Å². The molecule has 0 heterocycles. The van der Waals surface area contributed by atoms with Crippen molar-refractivity contribution in [3.63, 3.8) is 0 Å². The number of ether oxygens (including phenoxy) is 2. The third kappa shape index (κ3) is 4.92. The first-order chi connectivity index (χ1) is 12.5. The largest absolute Gasteiger partial charge is 0.493 e. The fourth-order valence-electron chi connectivity index (χ4n) is 2.15. The predicted octanol–water partition coefficient (Wildman–Crippen LogP) is 4.95. The summed E-state index contributed by atoms with van der Waals surface area (Å²) in [6, 6.07) is 11.7. The zero-order valence-corrected chi connectivity index (χ0v) is 15.7. The van der Waals surface area contributed by atoms with Gasteiger partial charge in [0.25, 0.3) is 5.91 Å². The van der Waals surface area contributed by atoms with Crippen molar-refractivity contribution in [1.82, 2.24) is 0 Å². The number of carbonyl (C=O) groups is 1. The monoisotopic (exact) mass is 390 g/mol. The van der Waals surface area contributed by atoms with Crippen LogP contribution in [0.25, 0.3) is 6.08 Å². The normalized spacial score (nSPS) is 10.8. The average Bonchev–Trinajstić information content (AvgIpc) is 2.63. The lowest BCUT2D eigenvalue weighted by Crippen LogP contribution is -2.13. The molecule has 0 aliphatic carbocycles. The Bertz CT molecular complexity index is 889. The third-order valence-corrected chi connectivity index (χ3v) is 3.90. The van der Waals surface area contributed by atoms with Gasteiger partial charge in [-0.2, -0.15) is 5.26 Å². The van der Waals surface area contributed by atoms with Gasteiger partial charge in [0, 0.05) is 5.02 Å². The number of amides is 1. The summed E-state index contributed by atoms with van der Waals surface area (Å²) >= 11 is 11.9. The molecule has 1 amide bonds. The highest BCUT2D eigenvalue weighted by molar-refractivity contribution is 6.36. The standard InChI is InChI=1S/C19H16Cl2N2O3/c1-3-26-18-9-12(4-7-17(18)25-2)8-13(11-22)19(24)23-16-10-14(20)5-6-15(16)21/h4-10H,3H2,1-2H3,(H,23,24)/b13-8+. The maximum Gasteiger partial charge on any atom is 0.266 e. The number of carbonyl (C=O) groups excluding carboxylic acids is 1. The van der Waals surface area contributed by atoms with Gasteiger partial charge in [-0.25, -0.2) is 0 Å². The van der Waals surface area contributed by atoms with Crippen molar-refractivity contribution >= 4 is 40.9 Å². The second-order valence-electron chi connectivity index (χ2n) is 5.09. The molecule has 0 unspecified atom stereocenters. The molecule has 0 spiro atoms. The summed E-state index contributed by atoms with van der Waals surface area (Å²) in [5.41, 5.74) is 0.863. The van der Waals surface area contributed by atoms with Gasteiger partial charge in [0.2, 0.25) is 0 Å². The molecule has 2 aromatic carbocycles. The molecule has 0 fully saturated rings. The molecule has 0 saturated carbocycles. The van der Waals surface area contributed by atoms with E-state index in [-0.39, 0.29) is 5.57 Å². The molecule has 0 bridgehead atoms. The fourth-order valence-corrected chi connectivity index (χ4v) is 2.49. The molecule has 5 nitrogen and oxygen atoms in total. The minimum absolute atomic E-state index is 0.0892. The minimum Gasteiger partial charge on any atom is -0.493 e. The first-order valence-electron chi connectivity index (χ1n) is 7.67. The van der Waals surface area contributed by atoms with Crippen molar-refractivity contribution in [1.29, 1.82) is 5.26 Å². The molecule has 1 N–H and O–H groups in total. The molecule has 0 aromatic heterocycles. The molecular weight excluding hydrogens is 375 g/mol. The van der Waals surface area contributed by atoms with Gasteiger partial charge in [-0.15, -0.1) is 0 Å². The molecule has 7 heteroatoms. The van der Waals surface area contributed by atoms with Crippen molar-refractivity contribution in [2.75, 3.05) is 19.0 Å². The van der Waals surface area contributed by atoms with E-state index < -0.39 is 5.91 Å². The molecule has 2 rings (SSSR count). The molecule has 0 aliphatic rings. The molecule has 0 aliphatic heterocycles. The lowest BCUT2D eigenvalue weighted by atomic mass is 10.1. The van der Waals surface area contributed by atoms with E-state index in [9.17, 15) is 10.1 Å². The van der Waals surface area contributed by atoms with E-state index in [1.807, 2.05) is 13.0 Å². The van der Waals surface area contributed by atoms with Crippen LogP contribution in [0, 0.1) is 11.3 Å². The zero-order chi connectivity index (χ0) is 19.1. The summed E-state index contributed by atoms with van der Waals surface area (Å²) in [6.07, 6.45) is 1.45. The predicted molar refractivity (Wildman–Crippen MR) is 103 cm³/mol. The number of anilines is 1. The number of nitrogens with zero attached hydrogens (tertiary/aromatic N) is 1. The number of benzene rings is 2. The lowest BCUT2D eigenvalue weighted by molar-refractivity contribution is -0.112. The molecule has 0 radical (unpaired) electrons. The smallest absolute Gasteiger partial charge is 0.266 e. The summed E-state index contributed by atoms with van der Waals surface area (Å²) < 4.78 is 10.7. The Balaban J connectivity index is 2.29. The highest BCUT2D eigenvalue weighted by Crippen LogP contribution is 2.29. The van der Waals surface area contributed by atoms with E-state index in [4.69, 9.17) is 32.7 Å². The van der Waals surface area contributed by atoms with Crippen LogP contribution in [0.3, 0.4) is 0 Å². The fraction of sp³-hybridized carbons (Fsp3) is 0.158. The lowest BCUT2D eigenvalue weighted by Gasteiger charge is -2.10. The van der Waals surface area contributed by atoms with Crippen LogP contribution >= 0.6 is 23.2 Å². The van der Waals surface area contributed by atoms with Gasteiger partial charge >= 0.3 is 0 Å². The average molecular weight is 391 g/mol. The van der Waals surface area contributed by atoms with Crippen molar-refractivity contribution in [2.24, 2.45) is 0 Å². The van der Waals surface area contributed by atoms with E-state index in [0.29, 0.717) is 39.4 Å². The van der Waals surface area contributed by atoms with Crippen LogP contribution in [-0.4, -0.2) is 19.6 Å². The Kier molecular flexibility index (Phi) is 6.90. The van der Waals surface area contributed by atoms with Crippen molar-refractivity contribution in [2.45, 2.75) is 6.92 Å². The summed E-state index contributed by atoms with van der Waals surface area (Å²) in [5.74, 6) is 0.502. The Labute approximate surface area is 161 Å². The van der Waals surface area contributed by atoms with E-state index in [1.165, 1.54) is 19.3 Å². The zero-order valence-electron chi connectivity index (χ0n) is 14.2. The van der Waals surface area contributed by atoms with Gasteiger partial charge in [-0.1, -0.05) is 29.3 Å². The summed E-state index contributed by atoms with van der Waals surface area (Å²) in [6.45, 7) is 2.31. The topological polar surface area (TPSA) is 71.3 Å². The van der Waals surface area contributed by atoms with E-state index >= 15 is 0 Å². The summed E-state index contributed by atoms with van der Waals surface area (Å²) in [5, 5.41) is 12.7. The summed E-state index contributed by atoms with van der Waals surface area (Å²) in [4.78, 5) is 12.4. The van der Waals surface area contributed by atoms with Gasteiger partial charge in [0.15, 0.2) is 11.5 Å². The Morgan fingerprint density at radius 3 is 2.65 bits per heavy atom. The molecule has 0 saturated heterocycles. The number of methoxy groups -OCH3 is 1. The maximum atomic E-state index is 12.4. The maximum absolute atomic E-state index is 12.4. The van der Waals surface area contributed by atoms with E-state index in [0.717, 1.165) is 0 Å². The van der Waals surface area contributed by atoms with Gasteiger partial charge in [0.1, 0.15) is 11.6 Å². The Hall–Kier alpha value is -2.68. The van der Waals surface area contributed by atoms with Gasteiger partial charge in [-0.05, 0) is 48.9 Å². The molecule has 26 heavy (non-hydrogen) atoms. The molecule has 2 aromatic rings. The van der Waals surface area contributed by atoms with Gasteiger partial charge in [-0.3, -0.25) is 4.79 Å². The van der Waals surface area contributed by atoms with Crippen LogP contribution in [0.4, 0.5) is 5.69 Å². The van der Waals surface area contributed by atoms with E-state index in [2.05, 4.69) is 5.32 Å². The molecule has 134 valence electrons. The van der Waals surface area contributed by atoms with Crippen molar-refractivity contribution in [3.8, 4) is 17.6 Å². The van der Waals surface area contributed by atoms with Crippen LogP contribution in [0.2, 0.25) is 10.0 Å². The number of nitrogens with one attached hydrogen (secondary N) is 1. The SMILES string of the molecule is CCOc1cc(/C=C(\C#N)C(=O)Nc2cc(Cl)ccc2Cl)ccc1OC. The number of hydrogen-bond donors (Lipinski definition) is 1. The molecular formula is C19H16Cl2N2O3. The van der Waals surface area contributed by atoms with Crippen molar-refractivity contribution < 1.29 is 14.3 Å². The van der Waals surface area contributed by atoms with Gasteiger partial charge < -0.3 is 14.8 Å². The quantitative estimate of drug-likeness (QED) is 0.559.